The fourth-order valence-electron chi connectivity index (χ4n) is 2.62. The molecular formula is C20H32O3. The van der Waals surface area contributed by atoms with E-state index in [1.54, 1.807) is 6.08 Å². The number of aliphatic hydroxyl groups is 3. The molecule has 3 atom stereocenters. The Bertz CT molecular complexity index is 456. The van der Waals surface area contributed by atoms with Crippen LogP contribution in [0, 0.1) is 0 Å². The van der Waals surface area contributed by atoms with Gasteiger partial charge in [0.25, 0.3) is 0 Å². The zero-order valence-electron chi connectivity index (χ0n) is 14.5. The lowest BCUT2D eigenvalue weighted by atomic mass is 9.95. The molecule has 1 aromatic carbocycles. The Hall–Kier alpha value is -1.16. The molecule has 0 aliphatic heterocycles. The van der Waals surface area contributed by atoms with E-state index in [-0.39, 0.29) is 0 Å². The van der Waals surface area contributed by atoms with Gasteiger partial charge in [-0.2, -0.15) is 0 Å². The number of hydrogen-bond donors (Lipinski definition) is 3. The van der Waals surface area contributed by atoms with Crippen LogP contribution in [-0.4, -0.2) is 27.5 Å². The Morgan fingerprint density at radius 3 is 2.30 bits per heavy atom. The predicted molar refractivity (Wildman–Crippen MR) is 96.1 cm³/mol. The van der Waals surface area contributed by atoms with E-state index in [1.165, 1.54) is 0 Å². The molecule has 3 N–H and O–H groups in total. The quantitative estimate of drug-likeness (QED) is 0.535. The van der Waals surface area contributed by atoms with Gasteiger partial charge in [0.1, 0.15) is 6.10 Å². The minimum Gasteiger partial charge on any atom is -0.390 e. The van der Waals surface area contributed by atoms with Gasteiger partial charge in [0.05, 0.1) is 12.2 Å². The van der Waals surface area contributed by atoms with Crippen LogP contribution in [0.4, 0.5) is 0 Å². The minimum atomic E-state index is -0.888. The van der Waals surface area contributed by atoms with Gasteiger partial charge in [-0.3, -0.25) is 0 Å². The fourth-order valence-corrected chi connectivity index (χ4v) is 2.62. The third kappa shape index (κ3) is 7.30. The number of unbranched alkanes of at least 4 members (excludes halogenated alkanes) is 3. The molecule has 0 spiro atoms. The van der Waals surface area contributed by atoms with Crippen LogP contribution in [0.2, 0.25) is 0 Å². The molecule has 0 fully saturated rings. The van der Waals surface area contributed by atoms with Gasteiger partial charge in [0.2, 0.25) is 0 Å². The number of rotatable bonds is 11. The molecule has 0 saturated heterocycles. The first-order chi connectivity index (χ1) is 11.1. The van der Waals surface area contributed by atoms with E-state index >= 15 is 0 Å². The van der Waals surface area contributed by atoms with Gasteiger partial charge in [-0.1, -0.05) is 82.4 Å². The van der Waals surface area contributed by atoms with E-state index in [0.717, 1.165) is 49.7 Å². The van der Waals surface area contributed by atoms with Crippen molar-refractivity contribution in [2.75, 3.05) is 0 Å². The summed E-state index contributed by atoms with van der Waals surface area (Å²) in [5.74, 6) is 0. The second-order valence-corrected chi connectivity index (χ2v) is 6.21. The van der Waals surface area contributed by atoms with E-state index in [2.05, 4.69) is 13.8 Å². The summed E-state index contributed by atoms with van der Waals surface area (Å²) in [6, 6.07) is 7.51. The van der Waals surface area contributed by atoms with Crippen molar-refractivity contribution in [2.45, 2.75) is 77.1 Å². The Morgan fingerprint density at radius 1 is 0.913 bits per heavy atom. The molecule has 0 bridgehead atoms. The van der Waals surface area contributed by atoms with Crippen molar-refractivity contribution < 1.29 is 15.3 Å². The van der Waals surface area contributed by atoms with Crippen molar-refractivity contribution in [1.29, 1.82) is 0 Å². The second-order valence-electron chi connectivity index (χ2n) is 6.21. The summed E-state index contributed by atoms with van der Waals surface area (Å²) >= 11 is 0. The highest BCUT2D eigenvalue weighted by atomic mass is 16.3. The average Bonchev–Trinajstić information content (AvgIpc) is 2.57. The summed E-state index contributed by atoms with van der Waals surface area (Å²) in [6.07, 6.45) is 7.99. The number of hydrogen-bond acceptors (Lipinski definition) is 3. The van der Waals surface area contributed by atoms with E-state index in [0.29, 0.717) is 6.42 Å². The Balaban J connectivity index is 2.73. The van der Waals surface area contributed by atoms with Crippen LogP contribution in [0.25, 0.3) is 6.08 Å². The largest absolute Gasteiger partial charge is 0.390 e. The monoisotopic (exact) mass is 320 g/mol. The Labute approximate surface area is 140 Å². The normalized spacial score (nSPS) is 15.7. The minimum absolute atomic E-state index is 0.463. The van der Waals surface area contributed by atoms with E-state index < -0.39 is 18.3 Å². The van der Waals surface area contributed by atoms with Crippen LogP contribution in [0.1, 0.15) is 76.0 Å². The SMILES string of the molecule is CCCCC[C@@H](O)[C@H](O)c1ccccc1/C=C/[C@@H](O)CCCC. The van der Waals surface area contributed by atoms with Crippen molar-refractivity contribution in [3.05, 3.63) is 41.5 Å². The number of benzene rings is 1. The second kappa shape index (κ2) is 11.4. The highest BCUT2D eigenvalue weighted by molar-refractivity contribution is 5.55. The molecule has 0 aromatic heterocycles. The molecule has 1 aromatic rings. The third-order valence-electron chi connectivity index (χ3n) is 4.13. The summed E-state index contributed by atoms with van der Waals surface area (Å²) in [6.45, 7) is 4.22. The summed E-state index contributed by atoms with van der Waals surface area (Å²) < 4.78 is 0. The van der Waals surface area contributed by atoms with Gasteiger partial charge in [-0.15, -0.1) is 0 Å². The zero-order valence-corrected chi connectivity index (χ0v) is 14.5. The lowest BCUT2D eigenvalue weighted by molar-refractivity contribution is 0.0119. The standard InChI is InChI=1S/C20H32O3/c1-3-5-7-13-19(22)20(23)18-12-9-8-10-16(18)14-15-17(21)11-6-4-2/h8-10,12,14-15,17,19-23H,3-7,11,13H2,1-2H3/b15-14+/t17-,19+,20+/m0/s1. The van der Waals surface area contributed by atoms with Gasteiger partial charge in [0, 0.05) is 0 Å². The van der Waals surface area contributed by atoms with Crippen LogP contribution in [-0.2, 0) is 0 Å². The van der Waals surface area contributed by atoms with Crippen molar-refractivity contribution >= 4 is 6.08 Å². The van der Waals surface area contributed by atoms with Crippen molar-refractivity contribution in [1.82, 2.24) is 0 Å². The maximum absolute atomic E-state index is 10.4. The highest BCUT2D eigenvalue weighted by Gasteiger charge is 2.19. The van der Waals surface area contributed by atoms with E-state index in [4.69, 9.17) is 0 Å². The molecule has 0 heterocycles. The number of aliphatic hydroxyl groups excluding tert-OH is 3. The summed E-state index contributed by atoms with van der Waals surface area (Å²) in [5, 5.41) is 30.5. The predicted octanol–water partition coefficient (Wildman–Crippen LogP) is 4.23. The van der Waals surface area contributed by atoms with Crippen LogP contribution < -0.4 is 0 Å². The van der Waals surface area contributed by atoms with Crippen LogP contribution in [0.15, 0.2) is 30.3 Å². The van der Waals surface area contributed by atoms with Crippen molar-refractivity contribution in [3.63, 3.8) is 0 Å². The summed E-state index contributed by atoms with van der Waals surface area (Å²) in [7, 11) is 0. The Kier molecular flexibility index (Phi) is 9.85. The molecule has 0 amide bonds. The first-order valence-electron chi connectivity index (χ1n) is 8.91. The van der Waals surface area contributed by atoms with Gasteiger partial charge in [-0.25, -0.2) is 0 Å². The molecule has 0 saturated carbocycles. The summed E-state index contributed by atoms with van der Waals surface area (Å²) in [5.41, 5.74) is 1.57. The van der Waals surface area contributed by atoms with Gasteiger partial charge >= 0.3 is 0 Å². The molecule has 130 valence electrons. The topological polar surface area (TPSA) is 60.7 Å². The molecular weight excluding hydrogens is 288 g/mol. The highest BCUT2D eigenvalue weighted by Crippen LogP contribution is 2.25. The maximum atomic E-state index is 10.4. The molecule has 0 unspecified atom stereocenters. The van der Waals surface area contributed by atoms with Gasteiger partial charge in [-0.05, 0) is 24.0 Å². The smallest absolute Gasteiger partial charge is 0.105 e. The third-order valence-corrected chi connectivity index (χ3v) is 4.13. The lowest BCUT2D eigenvalue weighted by Crippen LogP contribution is -2.19. The van der Waals surface area contributed by atoms with Crippen LogP contribution >= 0.6 is 0 Å². The molecule has 23 heavy (non-hydrogen) atoms. The van der Waals surface area contributed by atoms with Crippen molar-refractivity contribution in [2.24, 2.45) is 0 Å². The molecule has 1 rings (SSSR count). The van der Waals surface area contributed by atoms with E-state index in [9.17, 15) is 15.3 Å². The maximum Gasteiger partial charge on any atom is 0.105 e. The first-order valence-corrected chi connectivity index (χ1v) is 8.91. The molecule has 3 nitrogen and oxygen atoms in total. The molecule has 0 aliphatic rings. The molecule has 0 aliphatic carbocycles. The molecule has 0 radical (unpaired) electrons. The Morgan fingerprint density at radius 2 is 1.61 bits per heavy atom. The lowest BCUT2D eigenvalue weighted by Gasteiger charge is -2.20. The van der Waals surface area contributed by atoms with Gasteiger partial charge < -0.3 is 15.3 Å². The van der Waals surface area contributed by atoms with Crippen LogP contribution in [0.5, 0.6) is 0 Å². The summed E-state index contributed by atoms with van der Waals surface area (Å²) in [4.78, 5) is 0. The first kappa shape index (κ1) is 19.9. The van der Waals surface area contributed by atoms with Gasteiger partial charge in [0.15, 0.2) is 0 Å². The molecule has 3 heteroatoms. The fraction of sp³-hybridized carbons (Fsp3) is 0.600. The van der Waals surface area contributed by atoms with Crippen LogP contribution in [0.3, 0.4) is 0 Å². The van der Waals surface area contributed by atoms with E-state index in [1.807, 2.05) is 30.3 Å². The average molecular weight is 320 g/mol. The van der Waals surface area contributed by atoms with Crippen molar-refractivity contribution in [3.8, 4) is 0 Å². The zero-order chi connectivity index (χ0) is 17.1.